The Labute approximate surface area is 110 Å². The van der Waals surface area contributed by atoms with Crippen molar-refractivity contribution < 1.29 is 4.79 Å². The lowest BCUT2D eigenvalue weighted by molar-refractivity contribution is -0.118. The van der Waals surface area contributed by atoms with Gasteiger partial charge in [0.1, 0.15) is 0 Å². The molecular weight excluding hydrogens is 222 g/mol. The molecule has 0 unspecified atom stereocenters. The van der Waals surface area contributed by atoms with E-state index < -0.39 is 0 Å². The average Bonchev–Trinajstić information content (AvgIpc) is 2.37. The molecule has 18 heavy (non-hydrogen) atoms. The Hall–Kier alpha value is -1.57. The Balaban J connectivity index is 1.96. The average molecular weight is 245 g/mol. The van der Waals surface area contributed by atoms with E-state index in [-0.39, 0.29) is 5.91 Å². The van der Waals surface area contributed by atoms with Crippen molar-refractivity contribution in [2.45, 2.75) is 44.9 Å². The van der Waals surface area contributed by atoms with Crippen molar-refractivity contribution in [3.63, 3.8) is 0 Å². The molecule has 0 heterocycles. The van der Waals surface area contributed by atoms with Crippen LogP contribution < -0.4 is 5.73 Å². The molecule has 0 radical (unpaired) electrons. The van der Waals surface area contributed by atoms with Gasteiger partial charge in [-0.1, -0.05) is 42.5 Å². The van der Waals surface area contributed by atoms with Crippen LogP contribution in [-0.2, 0) is 11.2 Å². The van der Waals surface area contributed by atoms with Crippen LogP contribution in [0.15, 0.2) is 42.5 Å². The molecule has 1 amide bonds. The molecule has 1 aromatic carbocycles. The summed E-state index contributed by atoms with van der Waals surface area (Å²) in [7, 11) is 0. The molecule has 0 spiro atoms. The first-order chi connectivity index (χ1) is 8.79. The van der Waals surface area contributed by atoms with E-state index in [1.165, 1.54) is 12.0 Å². The molecule has 0 aliphatic carbocycles. The van der Waals surface area contributed by atoms with Crippen molar-refractivity contribution in [2.24, 2.45) is 5.73 Å². The third-order valence-electron chi connectivity index (χ3n) is 2.89. The van der Waals surface area contributed by atoms with Crippen molar-refractivity contribution >= 4 is 5.91 Å². The number of carbonyl (C=O) groups is 1. The second-order valence-electron chi connectivity index (χ2n) is 4.56. The highest BCUT2D eigenvalue weighted by molar-refractivity contribution is 5.73. The molecule has 2 nitrogen and oxygen atoms in total. The van der Waals surface area contributed by atoms with E-state index in [1.54, 1.807) is 0 Å². The Morgan fingerprint density at radius 3 is 2.33 bits per heavy atom. The highest BCUT2D eigenvalue weighted by atomic mass is 16.1. The Morgan fingerprint density at radius 2 is 1.67 bits per heavy atom. The maximum Gasteiger partial charge on any atom is 0.217 e. The van der Waals surface area contributed by atoms with Gasteiger partial charge >= 0.3 is 0 Å². The summed E-state index contributed by atoms with van der Waals surface area (Å²) in [6, 6.07) is 10.6. The molecule has 2 heteroatoms. The highest BCUT2D eigenvalue weighted by Crippen LogP contribution is 2.06. The predicted molar refractivity (Wildman–Crippen MR) is 76.2 cm³/mol. The number of primary amides is 1. The van der Waals surface area contributed by atoms with Crippen molar-refractivity contribution in [1.29, 1.82) is 0 Å². The number of hydrogen-bond donors (Lipinski definition) is 1. The first-order valence-corrected chi connectivity index (χ1v) is 6.76. The monoisotopic (exact) mass is 245 g/mol. The topological polar surface area (TPSA) is 43.1 Å². The maximum atomic E-state index is 10.5. The third-order valence-corrected chi connectivity index (χ3v) is 2.89. The zero-order valence-corrected chi connectivity index (χ0v) is 11.0. The van der Waals surface area contributed by atoms with Crippen LogP contribution in [0.3, 0.4) is 0 Å². The van der Waals surface area contributed by atoms with E-state index in [0.717, 1.165) is 32.1 Å². The Kier molecular flexibility index (Phi) is 7.61. The SMILES string of the molecule is NC(=O)CCCCC=CCCCc1ccccc1. The van der Waals surface area contributed by atoms with Gasteiger partial charge in [-0.2, -0.15) is 0 Å². The van der Waals surface area contributed by atoms with Gasteiger partial charge in [0.15, 0.2) is 0 Å². The molecule has 0 aromatic heterocycles. The van der Waals surface area contributed by atoms with Crippen LogP contribution in [0.1, 0.15) is 44.1 Å². The molecule has 0 saturated carbocycles. The second kappa shape index (κ2) is 9.46. The summed E-state index contributed by atoms with van der Waals surface area (Å²) in [5.74, 6) is -0.193. The van der Waals surface area contributed by atoms with Crippen LogP contribution in [0.2, 0.25) is 0 Å². The number of carbonyl (C=O) groups excluding carboxylic acids is 1. The van der Waals surface area contributed by atoms with Gasteiger partial charge in [-0.05, 0) is 44.1 Å². The van der Waals surface area contributed by atoms with Crippen LogP contribution in [-0.4, -0.2) is 5.91 Å². The Bertz CT molecular complexity index is 357. The first-order valence-electron chi connectivity index (χ1n) is 6.76. The van der Waals surface area contributed by atoms with Crippen LogP contribution in [0.25, 0.3) is 0 Å². The molecule has 1 aromatic rings. The van der Waals surface area contributed by atoms with Crippen LogP contribution >= 0.6 is 0 Å². The quantitative estimate of drug-likeness (QED) is 0.524. The fourth-order valence-electron chi connectivity index (χ4n) is 1.87. The van der Waals surface area contributed by atoms with E-state index in [1.807, 2.05) is 0 Å². The summed E-state index contributed by atoms with van der Waals surface area (Å²) >= 11 is 0. The summed E-state index contributed by atoms with van der Waals surface area (Å²) in [5, 5.41) is 0. The molecule has 98 valence electrons. The van der Waals surface area contributed by atoms with Crippen molar-refractivity contribution in [3.8, 4) is 0 Å². The normalized spacial score (nSPS) is 10.9. The number of benzene rings is 1. The fraction of sp³-hybridized carbons (Fsp3) is 0.438. The van der Waals surface area contributed by atoms with Crippen LogP contribution in [0.5, 0.6) is 0 Å². The smallest absolute Gasteiger partial charge is 0.217 e. The number of rotatable bonds is 9. The molecule has 0 saturated heterocycles. The summed E-state index contributed by atoms with van der Waals surface area (Å²) in [6.45, 7) is 0. The summed E-state index contributed by atoms with van der Waals surface area (Å²) < 4.78 is 0. The molecule has 1 rings (SSSR count). The minimum Gasteiger partial charge on any atom is -0.370 e. The number of nitrogens with two attached hydrogens (primary N) is 1. The van der Waals surface area contributed by atoms with Gasteiger partial charge in [0.25, 0.3) is 0 Å². The first kappa shape index (κ1) is 14.5. The largest absolute Gasteiger partial charge is 0.370 e. The predicted octanol–water partition coefficient (Wildman–Crippen LogP) is 3.61. The van der Waals surface area contributed by atoms with E-state index in [0.29, 0.717) is 6.42 Å². The van der Waals surface area contributed by atoms with Gasteiger partial charge in [0.05, 0.1) is 0 Å². The molecular formula is C16H23NO. The van der Waals surface area contributed by atoms with Gasteiger partial charge < -0.3 is 5.73 Å². The molecule has 0 atom stereocenters. The Morgan fingerprint density at radius 1 is 1.00 bits per heavy atom. The molecule has 0 aliphatic heterocycles. The van der Waals surface area contributed by atoms with E-state index in [4.69, 9.17) is 5.73 Å². The number of unbranched alkanes of at least 4 members (excludes halogenated alkanes) is 3. The summed E-state index contributed by atoms with van der Waals surface area (Å²) in [4.78, 5) is 10.5. The third kappa shape index (κ3) is 7.66. The number of amides is 1. The zero-order valence-electron chi connectivity index (χ0n) is 11.0. The van der Waals surface area contributed by atoms with E-state index in [9.17, 15) is 4.79 Å². The molecule has 0 bridgehead atoms. The maximum absolute atomic E-state index is 10.5. The lowest BCUT2D eigenvalue weighted by atomic mass is 10.1. The van der Waals surface area contributed by atoms with E-state index in [2.05, 4.69) is 42.5 Å². The van der Waals surface area contributed by atoms with Crippen molar-refractivity contribution in [1.82, 2.24) is 0 Å². The highest BCUT2D eigenvalue weighted by Gasteiger charge is 1.92. The van der Waals surface area contributed by atoms with E-state index >= 15 is 0 Å². The summed E-state index contributed by atoms with van der Waals surface area (Å²) in [5.41, 5.74) is 6.48. The minimum absolute atomic E-state index is 0.193. The van der Waals surface area contributed by atoms with Crippen molar-refractivity contribution in [2.75, 3.05) is 0 Å². The van der Waals surface area contributed by atoms with Crippen LogP contribution in [0.4, 0.5) is 0 Å². The lowest BCUT2D eigenvalue weighted by Crippen LogP contribution is -2.09. The van der Waals surface area contributed by atoms with Gasteiger partial charge in [-0.3, -0.25) is 4.79 Å². The van der Waals surface area contributed by atoms with Crippen LogP contribution in [0, 0.1) is 0 Å². The van der Waals surface area contributed by atoms with Gasteiger partial charge in [-0.15, -0.1) is 0 Å². The fourth-order valence-corrected chi connectivity index (χ4v) is 1.87. The summed E-state index contributed by atoms with van der Waals surface area (Å²) in [6.07, 6.45) is 11.5. The van der Waals surface area contributed by atoms with Gasteiger partial charge in [-0.25, -0.2) is 0 Å². The standard InChI is InChI=1S/C16H23NO/c17-16(18)14-10-5-3-1-2-4-7-11-15-12-8-6-9-13-15/h1-2,6,8-9,12-13H,3-5,7,10-11,14H2,(H2,17,18). The second-order valence-corrected chi connectivity index (χ2v) is 4.56. The molecule has 2 N–H and O–H groups in total. The van der Waals surface area contributed by atoms with Crippen molar-refractivity contribution in [3.05, 3.63) is 48.0 Å². The van der Waals surface area contributed by atoms with Gasteiger partial charge in [0, 0.05) is 6.42 Å². The minimum atomic E-state index is -0.193. The molecule has 0 aliphatic rings. The lowest BCUT2D eigenvalue weighted by Gasteiger charge is -1.98. The number of hydrogen-bond acceptors (Lipinski definition) is 1. The number of aryl methyl sites for hydroxylation is 1. The van der Waals surface area contributed by atoms with Gasteiger partial charge in [0.2, 0.25) is 5.91 Å². The zero-order chi connectivity index (χ0) is 13.1. The number of allylic oxidation sites excluding steroid dienone is 2. The molecule has 0 fully saturated rings.